The second kappa shape index (κ2) is 4.76. The Labute approximate surface area is 92.4 Å². The molecule has 0 aliphatic carbocycles. The molecule has 0 aliphatic rings. The quantitative estimate of drug-likeness (QED) is 0.779. The maximum Gasteiger partial charge on any atom is 0.343 e. The number of aromatic nitrogens is 3. The lowest BCUT2D eigenvalue weighted by Gasteiger charge is -2.13. The van der Waals surface area contributed by atoms with Crippen LogP contribution < -0.4 is 5.69 Å². The van der Waals surface area contributed by atoms with Gasteiger partial charge < -0.3 is 5.11 Å². The molecule has 1 aromatic heterocycles. The standard InChI is InChI=1S/C11H13N3O2/c15-7-10(14-8-12-13-11(14)16)6-9-4-2-1-3-5-9/h1-5,8,10,15H,6-7H2,(H,13,16). The van der Waals surface area contributed by atoms with Gasteiger partial charge in [0.2, 0.25) is 0 Å². The first-order valence-electron chi connectivity index (χ1n) is 5.07. The molecule has 0 fully saturated rings. The van der Waals surface area contributed by atoms with Crippen LogP contribution in [-0.2, 0) is 6.42 Å². The highest BCUT2D eigenvalue weighted by atomic mass is 16.3. The van der Waals surface area contributed by atoms with E-state index in [1.807, 2.05) is 30.3 Å². The molecule has 5 heteroatoms. The summed E-state index contributed by atoms with van der Waals surface area (Å²) in [6, 6.07) is 9.46. The molecule has 0 radical (unpaired) electrons. The molecule has 0 amide bonds. The van der Waals surface area contributed by atoms with Crippen molar-refractivity contribution in [2.45, 2.75) is 12.5 Å². The van der Waals surface area contributed by atoms with Gasteiger partial charge in [0.15, 0.2) is 0 Å². The van der Waals surface area contributed by atoms with Crippen molar-refractivity contribution in [3.63, 3.8) is 0 Å². The second-order valence-electron chi connectivity index (χ2n) is 3.59. The Kier molecular flexibility index (Phi) is 3.16. The van der Waals surface area contributed by atoms with E-state index in [1.54, 1.807) is 0 Å². The molecule has 0 saturated heterocycles. The molecule has 0 aliphatic heterocycles. The van der Waals surface area contributed by atoms with Gasteiger partial charge in [0.25, 0.3) is 0 Å². The highest BCUT2D eigenvalue weighted by Gasteiger charge is 2.12. The maximum atomic E-state index is 11.3. The van der Waals surface area contributed by atoms with E-state index in [-0.39, 0.29) is 18.3 Å². The summed E-state index contributed by atoms with van der Waals surface area (Å²) >= 11 is 0. The summed E-state index contributed by atoms with van der Waals surface area (Å²) in [5.74, 6) is 0. The number of rotatable bonds is 4. The van der Waals surface area contributed by atoms with Crippen LogP contribution in [0.2, 0.25) is 0 Å². The van der Waals surface area contributed by atoms with Crippen LogP contribution in [0.5, 0.6) is 0 Å². The van der Waals surface area contributed by atoms with Crippen molar-refractivity contribution in [1.82, 2.24) is 14.8 Å². The van der Waals surface area contributed by atoms with E-state index >= 15 is 0 Å². The zero-order chi connectivity index (χ0) is 11.4. The number of hydrogen-bond acceptors (Lipinski definition) is 3. The molecular weight excluding hydrogens is 206 g/mol. The van der Waals surface area contributed by atoms with Gasteiger partial charge in [-0.05, 0) is 12.0 Å². The fourth-order valence-electron chi connectivity index (χ4n) is 1.65. The van der Waals surface area contributed by atoms with Crippen LogP contribution in [0.3, 0.4) is 0 Å². The van der Waals surface area contributed by atoms with Gasteiger partial charge in [-0.2, -0.15) is 5.10 Å². The zero-order valence-electron chi connectivity index (χ0n) is 8.71. The summed E-state index contributed by atoms with van der Waals surface area (Å²) in [6.07, 6.45) is 2.02. The molecule has 2 rings (SSSR count). The fourth-order valence-corrected chi connectivity index (χ4v) is 1.65. The molecule has 0 spiro atoms. The molecule has 0 bridgehead atoms. The van der Waals surface area contributed by atoms with E-state index < -0.39 is 0 Å². The van der Waals surface area contributed by atoms with E-state index in [2.05, 4.69) is 10.2 Å². The lowest BCUT2D eigenvalue weighted by molar-refractivity contribution is 0.224. The van der Waals surface area contributed by atoms with Crippen LogP contribution in [0, 0.1) is 0 Å². The Morgan fingerprint density at radius 1 is 1.38 bits per heavy atom. The minimum Gasteiger partial charge on any atom is -0.394 e. The second-order valence-corrected chi connectivity index (χ2v) is 3.59. The van der Waals surface area contributed by atoms with Gasteiger partial charge in [-0.25, -0.2) is 9.89 Å². The van der Waals surface area contributed by atoms with Crippen LogP contribution >= 0.6 is 0 Å². The SMILES string of the molecule is O=c1[nH]ncn1C(CO)Cc1ccccc1. The number of benzene rings is 1. The van der Waals surface area contributed by atoms with E-state index in [0.717, 1.165) is 5.56 Å². The molecule has 1 aromatic carbocycles. The predicted molar refractivity (Wildman–Crippen MR) is 59.1 cm³/mol. The van der Waals surface area contributed by atoms with Crippen LogP contribution in [0.4, 0.5) is 0 Å². The average molecular weight is 219 g/mol. The van der Waals surface area contributed by atoms with Crippen molar-refractivity contribution < 1.29 is 5.11 Å². The number of aliphatic hydroxyl groups excluding tert-OH is 1. The van der Waals surface area contributed by atoms with Crippen LogP contribution in [0.1, 0.15) is 11.6 Å². The average Bonchev–Trinajstić information content (AvgIpc) is 2.74. The van der Waals surface area contributed by atoms with Crippen molar-refractivity contribution in [2.24, 2.45) is 0 Å². The molecule has 5 nitrogen and oxygen atoms in total. The molecule has 2 N–H and O–H groups in total. The van der Waals surface area contributed by atoms with Crippen molar-refractivity contribution in [2.75, 3.05) is 6.61 Å². The van der Waals surface area contributed by atoms with E-state index in [4.69, 9.17) is 0 Å². The number of aliphatic hydroxyl groups is 1. The van der Waals surface area contributed by atoms with E-state index in [9.17, 15) is 9.90 Å². The van der Waals surface area contributed by atoms with Crippen molar-refractivity contribution in [3.8, 4) is 0 Å². The number of aromatic amines is 1. The third-order valence-corrected chi connectivity index (χ3v) is 2.50. The Morgan fingerprint density at radius 3 is 2.69 bits per heavy atom. The molecule has 1 unspecified atom stereocenters. The number of nitrogens with zero attached hydrogens (tertiary/aromatic N) is 2. The Balaban J connectivity index is 2.19. The largest absolute Gasteiger partial charge is 0.394 e. The van der Waals surface area contributed by atoms with Gasteiger partial charge >= 0.3 is 5.69 Å². The molecule has 1 heterocycles. The summed E-state index contributed by atoms with van der Waals surface area (Å²) in [4.78, 5) is 11.3. The number of hydrogen-bond donors (Lipinski definition) is 2. The number of H-pyrrole nitrogens is 1. The highest BCUT2D eigenvalue weighted by Crippen LogP contribution is 2.11. The fraction of sp³-hybridized carbons (Fsp3) is 0.273. The molecular formula is C11H13N3O2. The monoisotopic (exact) mass is 219 g/mol. The summed E-state index contributed by atoms with van der Waals surface area (Å²) in [5.41, 5.74) is 0.782. The van der Waals surface area contributed by atoms with Gasteiger partial charge in [0, 0.05) is 0 Å². The summed E-state index contributed by atoms with van der Waals surface area (Å²) < 4.78 is 1.41. The minimum atomic E-state index is -0.296. The number of nitrogens with one attached hydrogen (secondary N) is 1. The van der Waals surface area contributed by atoms with Gasteiger partial charge in [-0.15, -0.1) is 0 Å². The minimum absolute atomic E-state index is 0.0890. The molecule has 84 valence electrons. The van der Waals surface area contributed by atoms with Crippen LogP contribution in [0.15, 0.2) is 41.5 Å². The van der Waals surface area contributed by atoms with Gasteiger partial charge in [0.1, 0.15) is 6.33 Å². The lowest BCUT2D eigenvalue weighted by Crippen LogP contribution is -2.25. The van der Waals surface area contributed by atoms with E-state index in [0.29, 0.717) is 6.42 Å². The third-order valence-electron chi connectivity index (χ3n) is 2.50. The smallest absolute Gasteiger partial charge is 0.343 e. The molecule has 2 aromatic rings. The van der Waals surface area contributed by atoms with Crippen molar-refractivity contribution in [3.05, 3.63) is 52.7 Å². The van der Waals surface area contributed by atoms with E-state index in [1.165, 1.54) is 10.9 Å². The third kappa shape index (κ3) is 2.20. The van der Waals surface area contributed by atoms with Crippen molar-refractivity contribution in [1.29, 1.82) is 0 Å². The van der Waals surface area contributed by atoms with Gasteiger partial charge in [-0.1, -0.05) is 30.3 Å². The maximum absolute atomic E-state index is 11.3. The van der Waals surface area contributed by atoms with Crippen LogP contribution in [0.25, 0.3) is 0 Å². The first-order chi connectivity index (χ1) is 7.81. The predicted octanol–water partition coefficient (Wildman–Crippen LogP) is 0.347. The Bertz CT molecular complexity index is 489. The van der Waals surface area contributed by atoms with Gasteiger partial charge in [-0.3, -0.25) is 4.57 Å². The first kappa shape index (κ1) is 10.6. The summed E-state index contributed by atoms with van der Waals surface area (Å²) in [5, 5.41) is 15.2. The summed E-state index contributed by atoms with van der Waals surface area (Å²) in [7, 11) is 0. The highest BCUT2D eigenvalue weighted by molar-refractivity contribution is 5.15. The van der Waals surface area contributed by atoms with Crippen molar-refractivity contribution >= 4 is 0 Å². The summed E-state index contributed by atoms with van der Waals surface area (Å²) in [6.45, 7) is -0.0890. The first-order valence-corrected chi connectivity index (χ1v) is 5.07. The Hall–Kier alpha value is -1.88. The topological polar surface area (TPSA) is 70.9 Å². The normalized spacial score (nSPS) is 12.6. The molecule has 0 saturated carbocycles. The zero-order valence-corrected chi connectivity index (χ0v) is 8.71. The molecule has 16 heavy (non-hydrogen) atoms. The lowest BCUT2D eigenvalue weighted by atomic mass is 10.1. The Morgan fingerprint density at radius 2 is 2.12 bits per heavy atom. The molecule has 1 atom stereocenters. The van der Waals surface area contributed by atoms with Gasteiger partial charge in [0.05, 0.1) is 12.6 Å². The van der Waals surface area contributed by atoms with Crippen LogP contribution in [-0.4, -0.2) is 26.5 Å².